The highest BCUT2D eigenvalue weighted by molar-refractivity contribution is 7.96. The lowest BCUT2D eigenvalue weighted by Crippen LogP contribution is -2.43. The standard InChI is InChI=1S/C30H32P/c1-23-21-22-29(25(3)24(23)2)30(4,5)31(26-15-9-6-10-16-26,27-17-11-7-12-18-27)28-19-13-8-14-20-28/h6-22H,1-5H3/q+1. The molecule has 0 fully saturated rings. The van der Waals surface area contributed by atoms with Crippen LogP contribution in [0.15, 0.2) is 103 Å². The summed E-state index contributed by atoms with van der Waals surface area (Å²) in [5, 5.41) is 4.18. The molecule has 4 aromatic carbocycles. The Balaban J connectivity index is 2.16. The number of hydrogen-bond donors (Lipinski definition) is 0. The van der Waals surface area contributed by atoms with Gasteiger partial charge in [-0.2, -0.15) is 0 Å². The van der Waals surface area contributed by atoms with E-state index in [1.165, 1.54) is 38.2 Å². The van der Waals surface area contributed by atoms with Crippen molar-refractivity contribution in [3.8, 4) is 0 Å². The Morgan fingerprint density at radius 1 is 0.484 bits per heavy atom. The van der Waals surface area contributed by atoms with Gasteiger partial charge in [-0.05, 0) is 93.3 Å². The van der Waals surface area contributed by atoms with Crippen molar-refractivity contribution in [2.45, 2.75) is 39.8 Å². The normalized spacial score (nSPS) is 12.0. The molecule has 0 bridgehead atoms. The van der Waals surface area contributed by atoms with E-state index in [0.717, 1.165) is 0 Å². The first-order valence-electron chi connectivity index (χ1n) is 11.0. The van der Waals surface area contributed by atoms with Gasteiger partial charge >= 0.3 is 0 Å². The lowest BCUT2D eigenvalue weighted by atomic mass is 9.91. The molecule has 0 saturated carbocycles. The fourth-order valence-electron chi connectivity index (χ4n) is 5.17. The van der Waals surface area contributed by atoms with E-state index in [0.29, 0.717) is 0 Å². The quantitative estimate of drug-likeness (QED) is 0.308. The van der Waals surface area contributed by atoms with Crippen LogP contribution in [0.3, 0.4) is 0 Å². The van der Waals surface area contributed by atoms with Crippen LogP contribution in [-0.4, -0.2) is 0 Å². The second-order valence-electron chi connectivity index (χ2n) is 8.92. The molecule has 0 aliphatic rings. The third kappa shape index (κ3) is 3.44. The Kier molecular flexibility index (Phi) is 5.87. The van der Waals surface area contributed by atoms with Crippen LogP contribution in [-0.2, 0) is 5.16 Å². The average Bonchev–Trinajstić information content (AvgIpc) is 2.80. The van der Waals surface area contributed by atoms with E-state index >= 15 is 0 Å². The van der Waals surface area contributed by atoms with Crippen LogP contribution < -0.4 is 15.9 Å². The topological polar surface area (TPSA) is 0 Å². The van der Waals surface area contributed by atoms with Gasteiger partial charge in [-0.1, -0.05) is 66.7 Å². The molecular formula is C30H32P+. The minimum absolute atomic E-state index is 0.0976. The van der Waals surface area contributed by atoms with Gasteiger partial charge in [0, 0.05) is 0 Å². The Labute approximate surface area is 188 Å². The van der Waals surface area contributed by atoms with E-state index in [2.05, 4.69) is 138 Å². The summed E-state index contributed by atoms with van der Waals surface area (Å²) in [6.07, 6.45) is 0. The summed E-state index contributed by atoms with van der Waals surface area (Å²) < 4.78 is 0. The van der Waals surface area contributed by atoms with Gasteiger partial charge in [-0.15, -0.1) is 0 Å². The molecule has 1 heteroatoms. The first kappa shape index (κ1) is 21.5. The molecule has 0 radical (unpaired) electrons. The van der Waals surface area contributed by atoms with E-state index in [1.807, 2.05) is 0 Å². The fraction of sp³-hybridized carbons (Fsp3) is 0.200. The van der Waals surface area contributed by atoms with Gasteiger partial charge in [-0.3, -0.25) is 0 Å². The van der Waals surface area contributed by atoms with Crippen molar-refractivity contribution in [3.63, 3.8) is 0 Å². The minimum Gasteiger partial charge on any atom is -0.0620 e. The largest absolute Gasteiger partial charge is 0.121 e. The van der Waals surface area contributed by atoms with Gasteiger partial charge < -0.3 is 0 Å². The molecule has 0 heterocycles. The van der Waals surface area contributed by atoms with Gasteiger partial charge in [0.05, 0.1) is 0 Å². The highest BCUT2D eigenvalue weighted by Gasteiger charge is 2.58. The van der Waals surface area contributed by atoms with Gasteiger partial charge in [0.15, 0.2) is 0 Å². The third-order valence-electron chi connectivity index (χ3n) is 6.99. The van der Waals surface area contributed by atoms with E-state index in [1.54, 1.807) is 0 Å². The van der Waals surface area contributed by atoms with E-state index < -0.39 is 7.26 Å². The van der Waals surface area contributed by atoms with Gasteiger partial charge in [0.1, 0.15) is 28.3 Å². The summed E-state index contributed by atoms with van der Waals surface area (Å²) in [5.41, 5.74) is 5.62. The smallest absolute Gasteiger partial charge is 0.0620 e. The maximum Gasteiger partial charge on any atom is 0.121 e. The molecule has 0 amide bonds. The highest BCUT2D eigenvalue weighted by atomic mass is 31.2. The molecule has 0 aliphatic carbocycles. The van der Waals surface area contributed by atoms with Crippen LogP contribution in [0.1, 0.15) is 36.1 Å². The fourth-order valence-corrected chi connectivity index (χ4v) is 10.5. The number of hydrogen-bond acceptors (Lipinski definition) is 0. The Morgan fingerprint density at radius 2 is 0.871 bits per heavy atom. The Hall–Kier alpha value is -2.69. The second-order valence-corrected chi connectivity index (χ2v) is 12.9. The Morgan fingerprint density at radius 3 is 1.26 bits per heavy atom. The van der Waals surface area contributed by atoms with Gasteiger partial charge in [-0.25, -0.2) is 0 Å². The molecule has 0 unspecified atom stereocenters. The van der Waals surface area contributed by atoms with Crippen molar-refractivity contribution in [2.75, 3.05) is 0 Å². The predicted molar refractivity (Wildman–Crippen MR) is 139 cm³/mol. The molecule has 0 nitrogen and oxygen atoms in total. The van der Waals surface area contributed by atoms with E-state index in [9.17, 15) is 0 Å². The summed E-state index contributed by atoms with van der Waals surface area (Å²) in [5.74, 6) is 0. The molecule has 0 N–H and O–H groups in total. The van der Waals surface area contributed by atoms with Crippen molar-refractivity contribution < 1.29 is 0 Å². The summed E-state index contributed by atoms with van der Waals surface area (Å²) in [4.78, 5) is 0. The van der Waals surface area contributed by atoms with Gasteiger partial charge in [0.2, 0.25) is 0 Å². The molecule has 0 aliphatic heterocycles. The molecule has 4 rings (SSSR count). The highest BCUT2D eigenvalue weighted by Crippen LogP contribution is 2.70. The predicted octanol–water partition coefficient (Wildman–Crippen LogP) is 6.84. The van der Waals surface area contributed by atoms with E-state index in [-0.39, 0.29) is 5.16 Å². The summed E-state index contributed by atoms with van der Waals surface area (Å²) >= 11 is 0. The molecule has 31 heavy (non-hydrogen) atoms. The minimum atomic E-state index is -2.04. The molecule has 4 aromatic rings. The SMILES string of the molecule is Cc1ccc(C(C)(C)[P+](c2ccccc2)(c2ccccc2)c2ccccc2)c(C)c1C. The van der Waals surface area contributed by atoms with Crippen molar-refractivity contribution in [3.05, 3.63) is 125 Å². The maximum atomic E-state index is 2.46. The van der Waals surface area contributed by atoms with Crippen molar-refractivity contribution in [1.82, 2.24) is 0 Å². The van der Waals surface area contributed by atoms with Crippen LogP contribution in [0.5, 0.6) is 0 Å². The molecular weight excluding hydrogens is 391 g/mol. The first-order valence-corrected chi connectivity index (χ1v) is 12.8. The average molecular weight is 424 g/mol. The molecule has 156 valence electrons. The zero-order valence-electron chi connectivity index (χ0n) is 19.3. The third-order valence-corrected chi connectivity index (χ3v) is 12.1. The Bertz CT molecular complexity index is 1060. The molecule has 0 spiro atoms. The van der Waals surface area contributed by atoms with Crippen LogP contribution in [0.4, 0.5) is 0 Å². The van der Waals surface area contributed by atoms with Crippen LogP contribution in [0, 0.1) is 20.8 Å². The van der Waals surface area contributed by atoms with Crippen LogP contribution in [0.2, 0.25) is 0 Å². The second kappa shape index (κ2) is 8.45. The van der Waals surface area contributed by atoms with Crippen molar-refractivity contribution >= 4 is 23.2 Å². The molecule has 0 atom stereocenters. The first-order chi connectivity index (χ1) is 14.9. The molecule has 0 saturated heterocycles. The monoisotopic (exact) mass is 423 g/mol. The van der Waals surface area contributed by atoms with Gasteiger partial charge in [0.25, 0.3) is 0 Å². The summed E-state index contributed by atoms with van der Waals surface area (Å²) in [7, 11) is -2.04. The maximum absolute atomic E-state index is 2.46. The lowest BCUT2D eigenvalue weighted by molar-refractivity contribution is 0.755. The summed E-state index contributed by atoms with van der Waals surface area (Å²) in [6, 6.07) is 38.3. The van der Waals surface area contributed by atoms with Crippen LogP contribution in [0.25, 0.3) is 0 Å². The zero-order valence-corrected chi connectivity index (χ0v) is 20.2. The number of rotatable bonds is 5. The number of aryl methyl sites for hydroxylation is 1. The van der Waals surface area contributed by atoms with Crippen molar-refractivity contribution in [1.29, 1.82) is 0 Å². The molecule has 0 aromatic heterocycles. The van der Waals surface area contributed by atoms with Crippen molar-refractivity contribution in [2.24, 2.45) is 0 Å². The zero-order chi connectivity index (χ0) is 22.1. The number of benzene rings is 4. The van der Waals surface area contributed by atoms with Crippen LogP contribution >= 0.6 is 7.26 Å². The van der Waals surface area contributed by atoms with E-state index in [4.69, 9.17) is 0 Å². The summed E-state index contributed by atoms with van der Waals surface area (Å²) in [6.45, 7) is 11.7. The lowest BCUT2D eigenvalue weighted by Gasteiger charge is -2.42.